The van der Waals surface area contributed by atoms with Gasteiger partial charge in [-0.15, -0.1) is 0 Å². The summed E-state index contributed by atoms with van der Waals surface area (Å²) in [5.74, 6) is -1.02. The Morgan fingerprint density at radius 2 is 2.15 bits per heavy atom. The number of ether oxygens (including phenoxy) is 1. The van der Waals surface area contributed by atoms with Crippen molar-refractivity contribution in [2.45, 2.75) is 25.3 Å². The van der Waals surface area contributed by atoms with Gasteiger partial charge in [0.15, 0.2) is 0 Å². The molecule has 2 rings (SSSR count). The third-order valence-corrected chi connectivity index (χ3v) is 3.76. The van der Waals surface area contributed by atoms with Gasteiger partial charge in [0.2, 0.25) is 0 Å². The van der Waals surface area contributed by atoms with Crippen LogP contribution >= 0.6 is 11.6 Å². The molecule has 1 aliphatic carbocycles. The molecule has 0 heterocycles. The highest BCUT2D eigenvalue weighted by Crippen LogP contribution is 2.27. The fourth-order valence-electron chi connectivity index (χ4n) is 2.46. The molecular formula is C14H16ClNO4. The van der Waals surface area contributed by atoms with Gasteiger partial charge >= 0.3 is 5.97 Å². The molecule has 0 spiro atoms. The van der Waals surface area contributed by atoms with Crippen LogP contribution in [0, 0.1) is 5.92 Å². The summed E-state index contributed by atoms with van der Waals surface area (Å²) in [7, 11) is 1.48. The number of halogens is 1. The third kappa shape index (κ3) is 3.22. The first-order valence-electron chi connectivity index (χ1n) is 6.38. The molecule has 108 valence electrons. The SMILES string of the molecule is COc1ccc(Cl)cc1C(=O)N[C@H]1CC[C@@H](C(=O)O)C1. The molecule has 1 aromatic carbocycles. The molecule has 0 saturated heterocycles. The molecule has 0 aliphatic heterocycles. The van der Waals surface area contributed by atoms with E-state index in [0.717, 1.165) is 0 Å². The summed E-state index contributed by atoms with van der Waals surface area (Å²) in [6.45, 7) is 0. The summed E-state index contributed by atoms with van der Waals surface area (Å²) in [6, 6.07) is 4.70. The second-order valence-corrected chi connectivity index (χ2v) is 5.30. The average molecular weight is 298 g/mol. The highest BCUT2D eigenvalue weighted by Gasteiger charge is 2.31. The molecule has 2 atom stereocenters. The summed E-state index contributed by atoms with van der Waals surface area (Å²) in [5.41, 5.74) is 0.360. The first kappa shape index (κ1) is 14.7. The molecule has 1 aliphatic rings. The Hall–Kier alpha value is -1.75. The van der Waals surface area contributed by atoms with Crippen LogP contribution in [0.5, 0.6) is 5.75 Å². The second kappa shape index (κ2) is 6.13. The van der Waals surface area contributed by atoms with Crippen molar-refractivity contribution >= 4 is 23.5 Å². The number of carbonyl (C=O) groups is 2. The number of amides is 1. The molecular weight excluding hydrogens is 282 g/mol. The zero-order valence-electron chi connectivity index (χ0n) is 11.1. The number of carboxylic acids is 1. The lowest BCUT2D eigenvalue weighted by atomic mass is 10.1. The van der Waals surface area contributed by atoms with E-state index in [2.05, 4.69) is 5.32 Å². The van der Waals surface area contributed by atoms with E-state index < -0.39 is 5.97 Å². The van der Waals surface area contributed by atoms with Gasteiger partial charge in [-0.1, -0.05) is 11.6 Å². The Balaban J connectivity index is 2.06. The number of carboxylic acid groups (broad SMARTS) is 1. The van der Waals surface area contributed by atoms with Gasteiger partial charge < -0.3 is 15.2 Å². The molecule has 6 heteroatoms. The maximum atomic E-state index is 12.2. The van der Waals surface area contributed by atoms with Gasteiger partial charge in [-0.3, -0.25) is 9.59 Å². The smallest absolute Gasteiger partial charge is 0.306 e. The second-order valence-electron chi connectivity index (χ2n) is 4.86. The minimum atomic E-state index is -0.804. The Bertz CT molecular complexity index is 532. The molecule has 5 nitrogen and oxygen atoms in total. The van der Waals surface area contributed by atoms with E-state index in [1.807, 2.05) is 0 Å². The topological polar surface area (TPSA) is 75.6 Å². The summed E-state index contributed by atoms with van der Waals surface area (Å²) >= 11 is 5.89. The van der Waals surface area contributed by atoms with Crippen molar-refractivity contribution < 1.29 is 19.4 Å². The van der Waals surface area contributed by atoms with E-state index in [1.165, 1.54) is 7.11 Å². The lowest BCUT2D eigenvalue weighted by molar-refractivity contribution is -0.141. The van der Waals surface area contributed by atoms with Gasteiger partial charge in [-0.25, -0.2) is 0 Å². The molecule has 1 aromatic rings. The Labute approximate surface area is 121 Å². The standard InChI is InChI=1S/C14H16ClNO4/c1-20-12-5-3-9(15)7-11(12)13(17)16-10-4-2-8(6-10)14(18)19/h3,5,7-8,10H,2,4,6H2,1H3,(H,16,17)(H,18,19)/t8-,10+/m1/s1. The molecule has 0 radical (unpaired) electrons. The Kier molecular flexibility index (Phi) is 4.49. The molecule has 0 aromatic heterocycles. The monoisotopic (exact) mass is 297 g/mol. The van der Waals surface area contributed by atoms with Crippen LogP contribution in [0.4, 0.5) is 0 Å². The minimum absolute atomic E-state index is 0.118. The number of aliphatic carboxylic acids is 1. The van der Waals surface area contributed by atoms with Crippen LogP contribution in [0.25, 0.3) is 0 Å². The number of carbonyl (C=O) groups excluding carboxylic acids is 1. The zero-order valence-corrected chi connectivity index (χ0v) is 11.8. The van der Waals surface area contributed by atoms with Gasteiger partial charge in [0.05, 0.1) is 18.6 Å². The Morgan fingerprint density at radius 3 is 2.75 bits per heavy atom. The maximum Gasteiger partial charge on any atom is 0.306 e. The van der Waals surface area contributed by atoms with E-state index in [4.69, 9.17) is 21.4 Å². The largest absolute Gasteiger partial charge is 0.496 e. The lowest BCUT2D eigenvalue weighted by Gasteiger charge is -2.14. The molecule has 1 fully saturated rings. The number of nitrogens with one attached hydrogen (secondary N) is 1. The molecule has 0 unspecified atom stereocenters. The number of hydrogen-bond donors (Lipinski definition) is 2. The summed E-state index contributed by atoms with van der Waals surface area (Å²) in [5, 5.41) is 12.2. The molecule has 1 amide bonds. The molecule has 0 bridgehead atoms. The number of methoxy groups -OCH3 is 1. The Morgan fingerprint density at radius 1 is 1.40 bits per heavy atom. The molecule has 1 saturated carbocycles. The zero-order chi connectivity index (χ0) is 14.7. The van der Waals surface area contributed by atoms with E-state index in [1.54, 1.807) is 18.2 Å². The number of hydrogen-bond acceptors (Lipinski definition) is 3. The minimum Gasteiger partial charge on any atom is -0.496 e. The highest BCUT2D eigenvalue weighted by molar-refractivity contribution is 6.31. The van der Waals surface area contributed by atoms with Gasteiger partial charge in [-0.05, 0) is 37.5 Å². The molecule has 20 heavy (non-hydrogen) atoms. The van der Waals surface area contributed by atoms with Gasteiger partial charge in [0.25, 0.3) is 5.91 Å². The highest BCUT2D eigenvalue weighted by atomic mass is 35.5. The predicted molar refractivity (Wildman–Crippen MR) is 74.2 cm³/mol. The first-order chi connectivity index (χ1) is 9.51. The van der Waals surface area contributed by atoms with Gasteiger partial charge in [-0.2, -0.15) is 0 Å². The van der Waals surface area contributed by atoms with Crippen LogP contribution in [0.1, 0.15) is 29.6 Å². The van der Waals surface area contributed by atoms with E-state index in [9.17, 15) is 9.59 Å². The van der Waals surface area contributed by atoms with Crippen LogP contribution in [0.3, 0.4) is 0 Å². The van der Waals surface area contributed by atoms with Crippen molar-refractivity contribution in [1.29, 1.82) is 0 Å². The van der Waals surface area contributed by atoms with Crippen molar-refractivity contribution in [3.63, 3.8) is 0 Å². The first-order valence-corrected chi connectivity index (χ1v) is 6.76. The van der Waals surface area contributed by atoms with Crippen LogP contribution in [0.2, 0.25) is 5.02 Å². The van der Waals surface area contributed by atoms with Crippen LogP contribution in [0.15, 0.2) is 18.2 Å². The number of rotatable bonds is 4. The summed E-state index contributed by atoms with van der Waals surface area (Å²) < 4.78 is 5.13. The number of benzene rings is 1. The lowest BCUT2D eigenvalue weighted by Crippen LogP contribution is -2.33. The molecule has 2 N–H and O–H groups in total. The van der Waals surface area contributed by atoms with Crippen LogP contribution in [-0.4, -0.2) is 30.1 Å². The predicted octanol–water partition coefficient (Wildman–Crippen LogP) is 2.33. The summed E-state index contributed by atoms with van der Waals surface area (Å²) in [4.78, 5) is 23.1. The van der Waals surface area contributed by atoms with E-state index in [0.29, 0.717) is 35.6 Å². The fourth-order valence-corrected chi connectivity index (χ4v) is 2.63. The quantitative estimate of drug-likeness (QED) is 0.894. The van der Waals surface area contributed by atoms with Crippen molar-refractivity contribution in [1.82, 2.24) is 5.32 Å². The summed E-state index contributed by atoms with van der Waals surface area (Å²) in [6.07, 6.45) is 1.72. The van der Waals surface area contributed by atoms with Crippen molar-refractivity contribution in [3.05, 3.63) is 28.8 Å². The van der Waals surface area contributed by atoms with Crippen molar-refractivity contribution in [3.8, 4) is 5.75 Å². The van der Waals surface area contributed by atoms with Crippen LogP contribution in [-0.2, 0) is 4.79 Å². The van der Waals surface area contributed by atoms with E-state index >= 15 is 0 Å². The van der Waals surface area contributed by atoms with Gasteiger partial charge in [0, 0.05) is 11.1 Å². The van der Waals surface area contributed by atoms with Crippen molar-refractivity contribution in [2.75, 3.05) is 7.11 Å². The van der Waals surface area contributed by atoms with Crippen LogP contribution < -0.4 is 10.1 Å². The average Bonchev–Trinajstić information content (AvgIpc) is 2.87. The third-order valence-electron chi connectivity index (χ3n) is 3.52. The van der Waals surface area contributed by atoms with Gasteiger partial charge in [0.1, 0.15) is 5.75 Å². The fraction of sp³-hybridized carbons (Fsp3) is 0.429. The normalized spacial score (nSPS) is 21.5. The van der Waals surface area contributed by atoms with Crippen molar-refractivity contribution in [2.24, 2.45) is 5.92 Å². The van der Waals surface area contributed by atoms with E-state index in [-0.39, 0.29) is 17.9 Å². The maximum absolute atomic E-state index is 12.2.